The van der Waals surface area contributed by atoms with Crippen molar-refractivity contribution < 1.29 is 27.5 Å². The maximum absolute atomic E-state index is 13.0. The smallest absolute Gasteiger partial charge is 0.418 e. The molecule has 0 aliphatic rings. The lowest BCUT2D eigenvalue weighted by molar-refractivity contribution is -0.137. The maximum Gasteiger partial charge on any atom is 0.418 e. The zero-order chi connectivity index (χ0) is 20.9. The van der Waals surface area contributed by atoms with Crippen molar-refractivity contribution in [3.8, 4) is 5.75 Å². The molecule has 0 unspecified atom stereocenters. The summed E-state index contributed by atoms with van der Waals surface area (Å²) < 4.78 is 44.4. The Morgan fingerprint density at radius 2 is 1.75 bits per heavy atom. The van der Waals surface area contributed by atoms with Gasteiger partial charge in [0.1, 0.15) is 5.75 Å². The van der Waals surface area contributed by atoms with Gasteiger partial charge in [-0.05, 0) is 43.2 Å². The number of alkyl halides is 3. The van der Waals surface area contributed by atoms with E-state index < -0.39 is 30.1 Å². The predicted octanol–water partition coefficient (Wildman–Crippen LogP) is 3.80. The number of para-hydroxylation sites is 1. The second kappa shape index (κ2) is 8.77. The Bertz CT molecular complexity index is 866. The van der Waals surface area contributed by atoms with Crippen molar-refractivity contribution in [2.45, 2.75) is 20.0 Å². The van der Waals surface area contributed by atoms with Crippen LogP contribution in [-0.2, 0) is 15.8 Å². The van der Waals surface area contributed by atoms with Crippen LogP contribution in [0.1, 0.15) is 16.7 Å². The summed E-state index contributed by atoms with van der Waals surface area (Å²) in [5, 5.41) is 2.20. The molecule has 2 rings (SSSR count). The molecule has 0 saturated heterocycles. The van der Waals surface area contributed by atoms with E-state index in [-0.39, 0.29) is 12.3 Å². The summed E-state index contributed by atoms with van der Waals surface area (Å²) in [6.45, 7) is 3.10. The second-order valence-corrected chi connectivity index (χ2v) is 6.33. The van der Waals surface area contributed by atoms with Crippen molar-refractivity contribution in [3.05, 3.63) is 59.2 Å². The number of likely N-dealkylation sites (N-methyl/N-ethyl adjacent to an activating group) is 1. The van der Waals surface area contributed by atoms with Crippen molar-refractivity contribution in [1.82, 2.24) is 4.90 Å². The highest BCUT2D eigenvalue weighted by atomic mass is 19.4. The third-order valence-corrected chi connectivity index (χ3v) is 4.22. The molecular weight excluding hydrogens is 373 g/mol. The molecule has 2 aromatic carbocycles. The van der Waals surface area contributed by atoms with Gasteiger partial charge >= 0.3 is 6.18 Å². The number of halogens is 3. The lowest BCUT2D eigenvalue weighted by Gasteiger charge is -2.19. The van der Waals surface area contributed by atoms with Gasteiger partial charge in [0.2, 0.25) is 5.91 Å². The van der Waals surface area contributed by atoms with E-state index in [1.165, 1.54) is 19.2 Å². The minimum Gasteiger partial charge on any atom is -0.483 e. The molecule has 1 N–H and O–H groups in total. The molecule has 8 heteroatoms. The largest absolute Gasteiger partial charge is 0.483 e. The van der Waals surface area contributed by atoms with Gasteiger partial charge in [0, 0.05) is 7.05 Å². The molecule has 2 amide bonds. The number of nitrogens with one attached hydrogen (secondary N) is 1. The van der Waals surface area contributed by atoms with Crippen LogP contribution in [0.15, 0.2) is 42.5 Å². The van der Waals surface area contributed by atoms with Gasteiger partial charge in [-0.25, -0.2) is 0 Å². The van der Waals surface area contributed by atoms with E-state index >= 15 is 0 Å². The Kier molecular flexibility index (Phi) is 6.66. The molecule has 28 heavy (non-hydrogen) atoms. The number of amides is 2. The van der Waals surface area contributed by atoms with Crippen LogP contribution in [0, 0.1) is 13.8 Å². The molecule has 0 atom stereocenters. The van der Waals surface area contributed by atoms with Crippen molar-refractivity contribution >= 4 is 17.5 Å². The first-order valence-corrected chi connectivity index (χ1v) is 8.48. The second-order valence-electron chi connectivity index (χ2n) is 6.33. The number of hydrogen-bond acceptors (Lipinski definition) is 3. The van der Waals surface area contributed by atoms with Crippen molar-refractivity contribution in [3.63, 3.8) is 0 Å². The fraction of sp³-hybridized carbons (Fsp3) is 0.300. The van der Waals surface area contributed by atoms with Crippen LogP contribution >= 0.6 is 0 Å². The zero-order valence-electron chi connectivity index (χ0n) is 15.8. The SMILES string of the molecule is Cc1cccc(OCC(=O)N(C)CC(=O)Nc2ccccc2C(F)(F)F)c1C. The number of carbonyl (C=O) groups is 2. The lowest BCUT2D eigenvalue weighted by Crippen LogP contribution is -2.37. The van der Waals surface area contributed by atoms with Crippen LogP contribution in [0.5, 0.6) is 5.75 Å². The third-order valence-electron chi connectivity index (χ3n) is 4.22. The molecule has 0 bridgehead atoms. The van der Waals surface area contributed by atoms with E-state index in [1.54, 1.807) is 12.1 Å². The van der Waals surface area contributed by atoms with Crippen LogP contribution < -0.4 is 10.1 Å². The van der Waals surface area contributed by atoms with Gasteiger partial charge in [-0.1, -0.05) is 24.3 Å². The van der Waals surface area contributed by atoms with E-state index in [0.717, 1.165) is 28.2 Å². The highest BCUT2D eigenvalue weighted by molar-refractivity contribution is 5.95. The molecule has 0 heterocycles. The Hall–Kier alpha value is -3.03. The monoisotopic (exact) mass is 394 g/mol. The lowest BCUT2D eigenvalue weighted by atomic mass is 10.1. The van der Waals surface area contributed by atoms with E-state index in [4.69, 9.17) is 4.74 Å². The molecule has 5 nitrogen and oxygen atoms in total. The first kappa shape index (κ1) is 21.3. The zero-order valence-corrected chi connectivity index (χ0v) is 15.8. The van der Waals surface area contributed by atoms with E-state index in [9.17, 15) is 22.8 Å². The molecule has 0 radical (unpaired) electrons. The highest BCUT2D eigenvalue weighted by Crippen LogP contribution is 2.34. The summed E-state index contributed by atoms with van der Waals surface area (Å²) >= 11 is 0. The van der Waals surface area contributed by atoms with Crippen molar-refractivity contribution in [2.75, 3.05) is 25.5 Å². The molecule has 0 spiro atoms. The number of rotatable bonds is 6. The minimum atomic E-state index is -4.59. The van der Waals surface area contributed by atoms with Crippen molar-refractivity contribution in [1.29, 1.82) is 0 Å². The Morgan fingerprint density at radius 1 is 1.07 bits per heavy atom. The van der Waals surface area contributed by atoms with Crippen LogP contribution in [0.3, 0.4) is 0 Å². The average Bonchev–Trinajstić information content (AvgIpc) is 2.62. The number of benzene rings is 2. The van der Waals surface area contributed by atoms with Crippen LogP contribution in [0.25, 0.3) is 0 Å². The van der Waals surface area contributed by atoms with E-state index in [1.807, 2.05) is 19.9 Å². The fourth-order valence-corrected chi connectivity index (χ4v) is 2.46. The molecule has 0 fully saturated rings. The van der Waals surface area contributed by atoms with Gasteiger partial charge in [0.25, 0.3) is 5.91 Å². The van der Waals surface area contributed by atoms with Crippen LogP contribution in [0.4, 0.5) is 18.9 Å². The number of ether oxygens (including phenoxy) is 1. The number of hydrogen-bond donors (Lipinski definition) is 1. The molecule has 0 aliphatic heterocycles. The van der Waals surface area contributed by atoms with Gasteiger partial charge < -0.3 is 15.0 Å². The Labute approximate surface area is 161 Å². The Morgan fingerprint density at radius 3 is 2.43 bits per heavy atom. The highest BCUT2D eigenvalue weighted by Gasteiger charge is 2.33. The van der Waals surface area contributed by atoms with Gasteiger partial charge in [-0.2, -0.15) is 13.2 Å². The summed E-state index contributed by atoms with van der Waals surface area (Å²) in [5.74, 6) is -0.648. The Balaban J connectivity index is 1.94. The summed E-state index contributed by atoms with van der Waals surface area (Å²) in [6, 6.07) is 10.1. The molecule has 2 aromatic rings. The predicted molar refractivity (Wildman–Crippen MR) is 99.1 cm³/mol. The minimum absolute atomic E-state index is 0.285. The topological polar surface area (TPSA) is 58.6 Å². The molecule has 0 aliphatic carbocycles. The number of anilines is 1. The molecule has 0 aromatic heterocycles. The number of aryl methyl sites for hydroxylation is 1. The van der Waals surface area contributed by atoms with Crippen LogP contribution in [-0.4, -0.2) is 36.9 Å². The molecular formula is C20H21F3N2O3. The van der Waals surface area contributed by atoms with Gasteiger partial charge in [-0.3, -0.25) is 9.59 Å². The summed E-state index contributed by atoms with van der Waals surface area (Å²) in [7, 11) is 1.38. The normalized spacial score (nSPS) is 11.1. The van der Waals surface area contributed by atoms with Crippen LogP contribution in [0.2, 0.25) is 0 Å². The fourth-order valence-electron chi connectivity index (χ4n) is 2.46. The van der Waals surface area contributed by atoms with E-state index in [0.29, 0.717) is 5.75 Å². The van der Waals surface area contributed by atoms with Gasteiger partial charge in [0.05, 0.1) is 17.8 Å². The summed E-state index contributed by atoms with van der Waals surface area (Å²) in [5.41, 5.74) is 0.614. The first-order valence-electron chi connectivity index (χ1n) is 8.48. The van der Waals surface area contributed by atoms with Crippen molar-refractivity contribution in [2.24, 2.45) is 0 Å². The quantitative estimate of drug-likeness (QED) is 0.811. The number of carbonyl (C=O) groups excluding carboxylic acids is 2. The average molecular weight is 394 g/mol. The molecule has 150 valence electrons. The van der Waals surface area contributed by atoms with Gasteiger partial charge in [-0.15, -0.1) is 0 Å². The molecule has 0 saturated carbocycles. The maximum atomic E-state index is 13.0. The number of nitrogens with zero attached hydrogens (tertiary/aromatic N) is 1. The summed E-state index contributed by atoms with van der Waals surface area (Å²) in [4.78, 5) is 25.3. The van der Waals surface area contributed by atoms with Gasteiger partial charge in [0.15, 0.2) is 6.61 Å². The first-order chi connectivity index (χ1) is 13.1. The van der Waals surface area contributed by atoms with E-state index in [2.05, 4.69) is 5.32 Å². The summed E-state index contributed by atoms with van der Waals surface area (Å²) in [6.07, 6.45) is -4.59. The standard InChI is InChI=1S/C20H21F3N2O3/c1-13-7-6-10-17(14(13)2)28-12-19(27)25(3)11-18(26)24-16-9-5-4-8-15(16)20(21,22)23/h4-10H,11-12H2,1-3H3,(H,24,26). The third kappa shape index (κ3) is 5.48.